The lowest BCUT2D eigenvalue weighted by molar-refractivity contribution is -0.269. The highest BCUT2D eigenvalue weighted by Gasteiger charge is 2.53. The highest BCUT2D eigenvalue weighted by atomic mass is 19.4. The van der Waals surface area contributed by atoms with Crippen LogP contribution in [0.3, 0.4) is 0 Å². The molecule has 0 spiro atoms. The molecule has 124 valence electrons. The lowest BCUT2D eigenvalue weighted by Crippen LogP contribution is -2.41. The predicted octanol–water partition coefficient (Wildman–Crippen LogP) is 5.52. The van der Waals surface area contributed by atoms with Crippen LogP contribution < -0.4 is 4.74 Å². The number of halogens is 3. The summed E-state index contributed by atoms with van der Waals surface area (Å²) >= 11 is 0. The molecular weight excluding hydrogens is 305 g/mol. The molecule has 0 saturated carbocycles. The molecule has 1 atom stereocenters. The van der Waals surface area contributed by atoms with Crippen LogP contribution in [0.25, 0.3) is 0 Å². The van der Waals surface area contributed by atoms with E-state index in [2.05, 4.69) is 0 Å². The molecule has 2 aromatic rings. The van der Waals surface area contributed by atoms with Gasteiger partial charge in [0.15, 0.2) is 5.60 Å². The summed E-state index contributed by atoms with van der Waals surface area (Å²) in [4.78, 5) is 0. The predicted molar refractivity (Wildman–Crippen MR) is 82.8 cm³/mol. The van der Waals surface area contributed by atoms with Gasteiger partial charge in [-0.3, -0.25) is 0 Å². The average molecular weight is 324 g/mol. The molecule has 0 N–H and O–H groups in total. The van der Waals surface area contributed by atoms with Gasteiger partial charge in [0.2, 0.25) is 0 Å². The molecular formula is C18H19F3O2. The van der Waals surface area contributed by atoms with Crippen molar-refractivity contribution in [1.82, 2.24) is 0 Å². The Balaban J connectivity index is 2.39. The van der Waals surface area contributed by atoms with Gasteiger partial charge in [0.1, 0.15) is 11.5 Å². The van der Waals surface area contributed by atoms with Gasteiger partial charge in [-0.1, -0.05) is 24.3 Å². The van der Waals surface area contributed by atoms with E-state index in [1.54, 1.807) is 6.07 Å². The van der Waals surface area contributed by atoms with E-state index in [4.69, 9.17) is 9.47 Å². The molecule has 1 unspecified atom stereocenters. The standard InChI is InChI=1S/C18H19F3O2/c1-12-8-9-13(2)16(10-12)23-15-7-5-6-14(11-15)17(3,22-4)18(19,20)21/h5-11H,1-4H3. The Hall–Kier alpha value is -2.01. The van der Waals surface area contributed by atoms with Crippen LogP contribution in [0.2, 0.25) is 0 Å². The van der Waals surface area contributed by atoms with E-state index in [0.717, 1.165) is 25.2 Å². The van der Waals surface area contributed by atoms with Crippen molar-refractivity contribution < 1.29 is 22.6 Å². The van der Waals surface area contributed by atoms with Crippen molar-refractivity contribution in [2.45, 2.75) is 32.5 Å². The monoisotopic (exact) mass is 324 g/mol. The summed E-state index contributed by atoms with van der Waals surface area (Å²) in [6.45, 7) is 4.81. The quantitative estimate of drug-likeness (QED) is 0.737. The van der Waals surface area contributed by atoms with Crippen LogP contribution in [0.4, 0.5) is 13.2 Å². The van der Waals surface area contributed by atoms with E-state index < -0.39 is 11.8 Å². The third-order valence-electron chi connectivity index (χ3n) is 3.91. The summed E-state index contributed by atoms with van der Waals surface area (Å²) < 4.78 is 50.4. The molecule has 0 fully saturated rings. The van der Waals surface area contributed by atoms with Crippen LogP contribution in [0, 0.1) is 13.8 Å². The first-order valence-electron chi connectivity index (χ1n) is 7.15. The van der Waals surface area contributed by atoms with Gasteiger partial charge in [-0.15, -0.1) is 0 Å². The molecule has 5 heteroatoms. The minimum absolute atomic E-state index is 0.00435. The van der Waals surface area contributed by atoms with Crippen LogP contribution >= 0.6 is 0 Å². The van der Waals surface area contributed by atoms with Crippen molar-refractivity contribution in [3.05, 3.63) is 59.2 Å². The van der Waals surface area contributed by atoms with Gasteiger partial charge in [-0.25, -0.2) is 0 Å². The maximum atomic E-state index is 13.3. The number of hydrogen-bond donors (Lipinski definition) is 0. The number of rotatable bonds is 4. The fourth-order valence-corrected chi connectivity index (χ4v) is 2.20. The Labute approximate surface area is 133 Å². The van der Waals surface area contributed by atoms with Gasteiger partial charge >= 0.3 is 6.18 Å². The largest absolute Gasteiger partial charge is 0.457 e. The first kappa shape index (κ1) is 17.3. The molecule has 23 heavy (non-hydrogen) atoms. The van der Waals surface area contributed by atoms with Gasteiger partial charge in [-0.05, 0) is 55.7 Å². The second kappa shape index (κ2) is 6.24. The lowest BCUT2D eigenvalue weighted by atomic mass is 9.95. The fraction of sp³-hybridized carbons (Fsp3) is 0.333. The van der Waals surface area contributed by atoms with Gasteiger partial charge in [0.25, 0.3) is 0 Å². The molecule has 2 rings (SSSR count). The summed E-state index contributed by atoms with van der Waals surface area (Å²) in [5.74, 6) is 0.956. The summed E-state index contributed by atoms with van der Waals surface area (Å²) in [6.07, 6.45) is -4.53. The molecule has 0 aliphatic rings. The van der Waals surface area contributed by atoms with E-state index in [1.165, 1.54) is 18.2 Å². The lowest BCUT2D eigenvalue weighted by Gasteiger charge is -2.31. The second-order valence-electron chi connectivity index (χ2n) is 5.63. The summed E-state index contributed by atoms with van der Waals surface area (Å²) in [6, 6.07) is 11.6. The van der Waals surface area contributed by atoms with Gasteiger partial charge in [0, 0.05) is 7.11 Å². The Bertz CT molecular complexity index is 695. The number of aryl methyl sites for hydroxylation is 2. The first-order valence-corrected chi connectivity index (χ1v) is 7.15. The molecule has 0 saturated heterocycles. The van der Waals surface area contributed by atoms with Crippen LogP contribution in [0.15, 0.2) is 42.5 Å². The van der Waals surface area contributed by atoms with Crippen LogP contribution in [-0.2, 0) is 10.3 Å². The topological polar surface area (TPSA) is 18.5 Å². The van der Waals surface area contributed by atoms with Crippen LogP contribution in [-0.4, -0.2) is 13.3 Å². The molecule has 2 nitrogen and oxygen atoms in total. The minimum atomic E-state index is -4.53. The van der Waals surface area contributed by atoms with Gasteiger partial charge in [0.05, 0.1) is 0 Å². The highest BCUT2D eigenvalue weighted by molar-refractivity contribution is 5.41. The van der Waals surface area contributed by atoms with Crippen LogP contribution in [0.5, 0.6) is 11.5 Å². The van der Waals surface area contributed by atoms with Crippen molar-refractivity contribution >= 4 is 0 Å². The van der Waals surface area contributed by atoms with Gasteiger partial charge < -0.3 is 9.47 Å². The van der Waals surface area contributed by atoms with Crippen molar-refractivity contribution in [2.24, 2.45) is 0 Å². The zero-order chi connectivity index (χ0) is 17.3. The molecule has 0 amide bonds. The summed E-state index contributed by atoms with van der Waals surface area (Å²) in [5.41, 5.74) is -0.464. The van der Waals surface area contributed by atoms with Crippen LogP contribution in [0.1, 0.15) is 23.6 Å². The third kappa shape index (κ3) is 3.50. The third-order valence-corrected chi connectivity index (χ3v) is 3.91. The smallest absolute Gasteiger partial charge is 0.421 e. The number of hydrogen-bond acceptors (Lipinski definition) is 2. The number of ether oxygens (including phenoxy) is 2. The molecule has 0 bridgehead atoms. The number of alkyl halides is 3. The average Bonchev–Trinajstić information content (AvgIpc) is 2.49. The van der Waals surface area contributed by atoms with Gasteiger partial charge in [-0.2, -0.15) is 13.2 Å². The normalized spacial score (nSPS) is 14.4. The summed E-state index contributed by atoms with van der Waals surface area (Å²) in [5, 5.41) is 0. The van der Waals surface area contributed by atoms with Crippen molar-refractivity contribution in [3.8, 4) is 11.5 Å². The Morgan fingerprint density at radius 1 is 0.957 bits per heavy atom. The molecule has 0 aromatic heterocycles. The molecule has 0 aliphatic carbocycles. The second-order valence-corrected chi connectivity index (χ2v) is 5.63. The Morgan fingerprint density at radius 2 is 1.65 bits per heavy atom. The van der Waals surface area contributed by atoms with E-state index in [-0.39, 0.29) is 5.56 Å². The van der Waals surface area contributed by atoms with E-state index >= 15 is 0 Å². The molecule has 2 aromatic carbocycles. The fourth-order valence-electron chi connectivity index (χ4n) is 2.20. The summed E-state index contributed by atoms with van der Waals surface area (Å²) in [7, 11) is 1.05. The van der Waals surface area contributed by atoms with E-state index in [0.29, 0.717) is 11.5 Å². The zero-order valence-electron chi connectivity index (χ0n) is 13.5. The van der Waals surface area contributed by atoms with E-state index in [9.17, 15) is 13.2 Å². The minimum Gasteiger partial charge on any atom is -0.457 e. The molecule has 0 aliphatic heterocycles. The van der Waals surface area contributed by atoms with Crippen molar-refractivity contribution in [2.75, 3.05) is 7.11 Å². The maximum Gasteiger partial charge on any atom is 0.421 e. The first-order chi connectivity index (χ1) is 10.7. The van der Waals surface area contributed by atoms with E-state index in [1.807, 2.05) is 32.0 Å². The Kier molecular flexibility index (Phi) is 4.71. The van der Waals surface area contributed by atoms with Crippen molar-refractivity contribution in [1.29, 1.82) is 0 Å². The SMILES string of the molecule is COC(C)(c1cccc(Oc2cc(C)ccc2C)c1)C(F)(F)F. The molecule has 0 heterocycles. The number of methoxy groups -OCH3 is 1. The zero-order valence-corrected chi connectivity index (χ0v) is 13.5. The number of benzene rings is 2. The molecule has 0 radical (unpaired) electrons. The van der Waals surface area contributed by atoms with Crippen molar-refractivity contribution in [3.63, 3.8) is 0 Å². The Morgan fingerprint density at radius 3 is 2.26 bits per heavy atom. The highest BCUT2D eigenvalue weighted by Crippen LogP contribution is 2.42. The maximum absolute atomic E-state index is 13.3.